The molecule has 0 unspecified atom stereocenters. The molecule has 0 spiro atoms. The maximum atomic E-state index is 11.4. The second-order valence-electron chi connectivity index (χ2n) is 5.48. The molecule has 1 aliphatic heterocycles. The van der Waals surface area contributed by atoms with E-state index in [0.717, 1.165) is 17.8 Å². The van der Waals surface area contributed by atoms with Crippen LogP contribution >= 0.6 is 0 Å². The molecule has 0 aliphatic carbocycles. The number of hydrogen-bond donors (Lipinski definition) is 2. The van der Waals surface area contributed by atoms with Gasteiger partial charge in [-0.05, 0) is 24.1 Å². The van der Waals surface area contributed by atoms with Crippen molar-refractivity contribution in [2.75, 3.05) is 18.0 Å². The second kappa shape index (κ2) is 6.05. The maximum Gasteiger partial charge on any atom is 0.246 e. The lowest BCUT2D eigenvalue weighted by Gasteiger charge is -2.29. The van der Waals surface area contributed by atoms with Crippen LogP contribution in [0.25, 0.3) is 0 Å². The number of nitrogens with one attached hydrogen (secondary N) is 2. The molecule has 0 saturated carbocycles. The number of aryl methyl sites for hydroxylation is 1. The van der Waals surface area contributed by atoms with Crippen LogP contribution in [0, 0.1) is 6.92 Å². The van der Waals surface area contributed by atoms with Crippen molar-refractivity contribution in [1.29, 1.82) is 0 Å². The van der Waals surface area contributed by atoms with E-state index in [1.165, 1.54) is 5.56 Å². The van der Waals surface area contributed by atoms with Crippen molar-refractivity contribution in [3.05, 3.63) is 29.3 Å². The lowest BCUT2D eigenvalue weighted by Crippen LogP contribution is -2.51. The van der Waals surface area contributed by atoms with E-state index in [9.17, 15) is 9.59 Å². The van der Waals surface area contributed by atoms with Crippen molar-refractivity contribution < 1.29 is 9.59 Å². The largest absolute Gasteiger partial charge is 0.353 e. The zero-order valence-corrected chi connectivity index (χ0v) is 12.2. The van der Waals surface area contributed by atoms with Gasteiger partial charge in [0.05, 0.1) is 13.1 Å². The lowest BCUT2D eigenvalue weighted by molar-refractivity contribution is -0.130. The number of carbonyl (C=O) groups excluding carboxylic acids is 2. The van der Waals surface area contributed by atoms with E-state index >= 15 is 0 Å². The molecule has 108 valence electrons. The number of carbonyl (C=O) groups is 2. The van der Waals surface area contributed by atoms with E-state index in [4.69, 9.17) is 0 Å². The number of rotatable bonds is 4. The summed E-state index contributed by atoms with van der Waals surface area (Å²) in [5.74, 6) is -0.489. The van der Waals surface area contributed by atoms with Gasteiger partial charge in [0, 0.05) is 18.3 Å². The van der Waals surface area contributed by atoms with Gasteiger partial charge in [-0.1, -0.05) is 26.0 Å². The highest BCUT2D eigenvalue weighted by atomic mass is 16.2. The van der Waals surface area contributed by atoms with E-state index in [1.807, 2.05) is 24.0 Å². The third-order valence-electron chi connectivity index (χ3n) is 3.26. The first kappa shape index (κ1) is 14.5. The zero-order chi connectivity index (χ0) is 14.7. The number of anilines is 1. The van der Waals surface area contributed by atoms with Gasteiger partial charge in [-0.15, -0.1) is 0 Å². The fourth-order valence-electron chi connectivity index (χ4n) is 2.31. The van der Waals surface area contributed by atoms with Crippen LogP contribution in [-0.4, -0.2) is 30.9 Å². The van der Waals surface area contributed by atoms with Crippen LogP contribution in [-0.2, 0) is 16.1 Å². The first-order chi connectivity index (χ1) is 9.45. The molecule has 1 aromatic carbocycles. The van der Waals surface area contributed by atoms with Gasteiger partial charge in [-0.25, -0.2) is 0 Å². The highest BCUT2D eigenvalue weighted by Crippen LogP contribution is 2.22. The van der Waals surface area contributed by atoms with Gasteiger partial charge in [-0.2, -0.15) is 0 Å². The number of imide groups is 1. The Balaban J connectivity index is 2.12. The fourth-order valence-corrected chi connectivity index (χ4v) is 2.31. The Hall–Kier alpha value is -1.88. The number of benzene rings is 1. The molecule has 2 N–H and O–H groups in total. The summed E-state index contributed by atoms with van der Waals surface area (Å²) in [6.07, 6.45) is 0. The van der Waals surface area contributed by atoms with Gasteiger partial charge in [0.2, 0.25) is 11.8 Å². The van der Waals surface area contributed by atoms with Crippen LogP contribution in [0.15, 0.2) is 18.2 Å². The summed E-state index contributed by atoms with van der Waals surface area (Å²) in [6, 6.07) is 6.56. The normalized spacial score (nSPS) is 15.7. The minimum Gasteiger partial charge on any atom is -0.353 e. The van der Waals surface area contributed by atoms with E-state index in [0.29, 0.717) is 6.04 Å². The maximum absolute atomic E-state index is 11.4. The molecule has 2 rings (SSSR count). The van der Waals surface area contributed by atoms with Gasteiger partial charge in [0.25, 0.3) is 0 Å². The van der Waals surface area contributed by atoms with Crippen LogP contribution in [0.4, 0.5) is 5.69 Å². The molecule has 0 bridgehead atoms. The SMILES string of the molecule is Cc1cc(CNC(C)C)ccc1N1CC(=O)NC(=O)C1. The molecule has 0 atom stereocenters. The lowest BCUT2D eigenvalue weighted by atomic mass is 10.1. The van der Waals surface area contributed by atoms with Crippen molar-refractivity contribution in [2.24, 2.45) is 0 Å². The van der Waals surface area contributed by atoms with Crippen molar-refractivity contribution >= 4 is 17.5 Å². The third kappa shape index (κ3) is 3.57. The van der Waals surface area contributed by atoms with Gasteiger partial charge in [0.1, 0.15) is 0 Å². The van der Waals surface area contributed by atoms with Gasteiger partial charge >= 0.3 is 0 Å². The molecule has 1 saturated heterocycles. The highest BCUT2D eigenvalue weighted by molar-refractivity contribution is 6.02. The Morgan fingerprint density at radius 3 is 2.45 bits per heavy atom. The van der Waals surface area contributed by atoms with Gasteiger partial charge in [0.15, 0.2) is 0 Å². The monoisotopic (exact) mass is 275 g/mol. The number of piperazine rings is 1. The summed E-state index contributed by atoms with van der Waals surface area (Å²) < 4.78 is 0. The Morgan fingerprint density at radius 1 is 1.25 bits per heavy atom. The molecule has 0 radical (unpaired) electrons. The highest BCUT2D eigenvalue weighted by Gasteiger charge is 2.23. The Morgan fingerprint density at radius 2 is 1.90 bits per heavy atom. The second-order valence-corrected chi connectivity index (χ2v) is 5.48. The minimum absolute atomic E-state index is 0.232. The molecule has 5 heteroatoms. The van der Waals surface area contributed by atoms with Crippen molar-refractivity contribution in [3.8, 4) is 0 Å². The molecule has 1 aromatic rings. The summed E-state index contributed by atoms with van der Waals surface area (Å²) in [7, 11) is 0. The third-order valence-corrected chi connectivity index (χ3v) is 3.26. The summed E-state index contributed by atoms with van der Waals surface area (Å²) in [5.41, 5.74) is 3.23. The predicted octanol–water partition coefficient (Wildman–Crippen LogP) is 0.956. The molecule has 1 aliphatic rings. The van der Waals surface area contributed by atoms with Crippen LogP contribution in [0.2, 0.25) is 0 Å². The zero-order valence-electron chi connectivity index (χ0n) is 12.2. The van der Waals surface area contributed by atoms with E-state index < -0.39 is 0 Å². The molecule has 1 heterocycles. The number of hydrogen-bond acceptors (Lipinski definition) is 4. The minimum atomic E-state index is -0.244. The quantitative estimate of drug-likeness (QED) is 0.803. The summed E-state index contributed by atoms with van der Waals surface area (Å²) >= 11 is 0. The average Bonchev–Trinajstić information content (AvgIpc) is 2.35. The predicted molar refractivity (Wildman–Crippen MR) is 78.5 cm³/mol. The van der Waals surface area contributed by atoms with Gasteiger partial charge < -0.3 is 10.2 Å². The smallest absolute Gasteiger partial charge is 0.246 e. The van der Waals surface area contributed by atoms with Crippen molar-refractivity contribution in [1.82, 2.24) is 10.6 Å². The van der Waals surface area contributed by atoms with E-state index in [1.54, 1.807) is 0 Å². The average molecular weight is 275 g/mol. The Kier molecular flexibility index (Phi) is 4.39. The first-order valence-corrected chi connectivity index (χ1v) is 6.86. The molecule has 1 fully saturated rings. The summed E-state index contributed by atoms with van der Waals surface area (Å²) in [4.78, 5) is 24.7. The standard InChI is InChI=1S/C15H21N3O2/c1-10(2)16-7-12-4-5-13(11(3)6-12)18-8-14(19)17-15(20)9-18/h4-6,10,16H,7-9H2,1-3H3,(H,17,19,20). The molecule has 5 nitrogen and oxygen atoms in total. The molecule has 20 heavy (non-hydrogen) atoms. The van der Waals surface area contributed by atoms with Crippen LogP contribution in [0.5, 0.6) is 0 Å². The van der Waals surface area contributed by atoms with Gasteiger partial charge in [-0.3, -0.25) is 14.9 Å². The Labute approximate surface area is 119 Å². The summed E-state index contributed by atoms with van der Waals surface area (Å²) in [5, 5.41) is 5.68. The van der Waals surface area contributed by atoms with Crippen molar-refractivity contribution in [3.63, 3.8) is 0 Å². The number of nitrogens with zero attached hydrogens (tertiary/aromatic N) is 1. The van der Waals surface area contributed by atoms with Crippen LogP contribution in [0.3, 0.4) is 0 Å². The Bertz CT molecular complexity index is 510. The summed E-state index contributed by atoms with van der Waals surface area (Å²) in [6.45, 7) is 7.51. The molecule has 2 amide bonds. The molecular weight excluding hydrogens is 254 g/mol. The molecule has 0 aromatic heterocycles. The fraction of sp³-hybridized carbons (Fsp3) is 0.467. The number of amides is 2. The van der Waals surface area contributed by atoms with E-state index in [-0.39, 0.29) is 24.9 Å². The van der Waals surface area contributed by atoms with Crippen LogP contribution in [0.1, 0.15) is 25.0 Å². The first-order valence-electron chi connectivity index (χ1n) is 6.86. The van der Waals surface area contributed by atoms with Crippen molar-refractivity contribution in [2.45, 2.75) is 33.4 Å². The van der Waals surface area contributed by atoms with Crippen LogP contribution < -0.4 is 15.5 Å². The molecular formula is C15H21N3O2. The topological polar surface area (TPSA) is 61.4 Å². The van der Waals surface area contributed by atoms with E-state index in [2.05, 4.69) is 30.5 Å².